The topological polar surface area (TPSA) is 267 Å². The largest absolute Gasteiger partial charge is 0.486 e. The van der Waals surface area contributed by atoms with Gasteiger partial charge in [-0.1, -0.05) is 0 Å². The molecule has 20 heteroatoms. The molecule has 0 spiro atoms. The smallest absolute Gasteiger partial charge is 0.387 e. The molecule has 1 aromatic heterocycles. The van der Waals surface area contributed by atoms with Crippen LogP contribution in [-0.2, 0) is 42.8 Å². The van der Waals surface area contributed by atoms with Gasteiger partial charge in [-0.05, 0) is 0 Å². The predicted octanol–water partition coefficient (Wildman–Crippen LogP) is -2.32. The van der Waals surface area contributed by atoms with Crippen molar-refractivity contribution in [3.05, 3.63) is 32.6 Å². The zero-order valence-electron chi connectivity index (χ0n) is 15.7. The number of aromatic amines is 1. The van der Waals surface area contributed by atoms with Gasteiger partial charge >= 0.3 is 28.7 Å². The molecule has 2 aliphatic heterocycles. The number of amides is 1. The van der Waals surface area contributed by atoms with Crippen molar-refractivity contribution in [3.63, 3.8) is 0 Å². The van der Waals surface area contributed by atoms with Gasteiger partial charge in [0.2, 0.25) is 5.91 Å². The van der Waals surface area contributed by atoms with E-state index in [0.717, 1.165) is 6.20 Å². The minimum absolute atomic E-state index is 0.237. The zero-order valence-corrected chi connectivity index (χ0v) is 18.4. The van der Waals surface area contributed by atoms with Gasteiger partial charge in [0.25, 0.3) is 5.56 Å². The lowest BCUT2D eigenvalue weighted by atomic mass is 10.1. The number of nitrogens with zero attached hydrogens (tertiary/aromatic N) is 1. The first kappa shape index (κ1) is 25.1. The summed E-state index contributed by atoms with van der Waals surface area (Å²) in [5, 5.41) is 20.4. The average Bonchev–Trinajstić information content (AvgIpc) is 2.87. The summed E-state index contributed by atoms with van der Waals surface area (Å²) in [7, 11) is -14.7. The molecule has 0 aliphatic carbocycles. The molecule has 180 valence electrons. The standard InChI is InChI=1S/C12H18N3O14P3/c13-7(16)1-5-2-15(12(20)14-10(5)19)11-9(18)8(17)6(27-11)3-26-31(23)4-30(21,22)28-32(24,25)29-31/h2,6,8-9,11,17-18H,1,3-4H2,(H2,13,16)(H,21,22)(H,24,25)(H,14,19,20)/t6-,8?,9+,11-,31?/m1/s1. The van der Waals surface area contributed by atoms with Crippen LogP contribution < -0.4 is 17.0 Å². The van der Waals surface area contributed by atoms with Gasteiger partial charge < -0.3 is 35.0 Å². The van der Waals surface area contributed by atoms with Crippen molar-refractivity contribution in [2.45, 2.75) is 31.0 Å². The fourth-order valence-corrected chi connectivity index (χ4v) is 9.90. The molecule has 7 N–H and O–H groups in total. The summed E-state index contributed by atoms with van der Waals surface area (Å²) in [6.45, 7) is -0.877. The number of phosphoric acid groups is 1. The Morgan fingerprint density at radius 2 is 1.88 bits per heavy atom. The molecule has 17 nitrogen and oxygen atoms in total. The van der Waals surface area contributed by atoms with Crippen molar-refractivity contribution < 1.29 is 56.4 Å². The number of aromatic nitrogens is 2. The van der Waals surface area contributed by atoms with Gasteiger partial charge in [0.15, 0.2) is 12.1 Å². The highest BCUT2D eigenvalue weighted by Gasteiger charge is 2.53. The van der Waals surface area contributed by atoms with Gasteiger partial charge in [0.1, 0.15) is 18.3 Å². The predicted molar refractivity (Wildman–Crippen MR) is 100 cm³/mol. The Hall–Kier alpha value is -1.48. The summed E-state index contributed by atoms with van der Waals surface area (Å²) in [4.78, 5) is 55.6. The zero-order chi connectivity index (χ0) is 24.1. The molecule has 3 rings (SSSR count). The number of carbonyl (C=O) groups is 1. The maximum Gasteiger partial charge on any atom is 0.486 e. The highest BCUT2D eigenvalue weighted by atomic mass is 31.3. The lowest BCUT2D eigenvalue weighted by Gasteiger charge is -2.28. The van der Waals surface area contributed by atoms with E-state index >= 15 is 0 Å². The summed E-state index contributed by atoms with van der Waals surface area (Å²) >= 11 is 0. The number of rotatable bonds is 6. The average molecular weight is 521 g/mol. The quantitative estimate of drug-likeness (QED) is 0.215. The first-order valence-electron chi connectivity index (χ1n) is 8.56. The van der Waals surface area contributed by atoms with Gasteiger partial charge in [-0.15, -0.1) is 0 Å². The monoisotopic (exact) mass is 521 g/mol. The Morgan fingerprint density at radius 1 is 1.22 bits per heavy atom. The molecule has 32 heavy (non-hydrogen) atoms. The second-order valence-corrected chi connectivity index (χ2v) is 13.0. The third kappa shape index (κ3) is 5.53. The van der Waals surface area contributed by atoms with Gasteiger partial charge in [-0.3, -0.25) is 28.3 Å². The summed E-state index contributed by atoms with van der Waals surface area (Å²) in [5.74, 6) is -2.15. The van der Waals surface area contributed by atoms with Crippen LogP contribution in [0.1, 0.15) is 11.8 Å². The van der Waals surface area contributed by atoms with E-state index in [-0.39, 0.29) is 5.56 Å². The first-order chi connectivity index (χ1) is 14.6. The molecular weight excluding hydrogens is 503 g/mol. The fraction of sp³-hybridized carbons (Fsp3) is 0.583. The molecule has 2 saturated heterocycles. The maximum atomic E-state index is 12.5. The molecule has 7 atom stereocenters. The van der Waals surface area contributed by atoms with Crippen LogP contribution in [0.5, 0.6) is 0 Å². The van der Waals surface area contributed by atoms with Gasteiger partial charge in [0, 0.05) is 11.8 Å². The molecule has 0 aromatic carbocycles. The highest BCUT2D eigenvalue weighted by molar-refractivity contribution is 7.81. The lowest BCUT2D eigenvalue weighted by molar-refractivity contribution is -0.117. The van der Waals surface area contributed by atoms with Crippen molar-refractivity contribution in [3.8, 4) is 0 Å². The summed E-state index contributed by atoms with van der Waals surface area (Å²) < 4.78 is 54.6. The number of nitrogens with one attached hydrogen (secondary N) is 1. The van der Waals surface area contributed by atoms with E-state index in [2.05, 4.69) is 8.62 Å². The molecule has 0 radical (unpaired) electrons. The van der Waals surface area contributed by atoms with Crippen LogP contribution in [0.25, 0.3) is 0 Å². The number of H-pyrrole nitrogens is 1. The fourth-order valence-electron chi connectivity index (χ4n) is 2.98. The second kappa shape index (κ2) is 8.70. The van der Waals surface area contributed by atoms with E-state index < -0.39 is 83.6 Å². The number of primary amides is 1. The Bertz CT molecular complexity index is 1150. The number of nitrogens with two attached hydrogens (primary N) is 1. The maximum absolute atomic E-state index is 12.5. The number of aliphatic hydroxyl groups excluding tert-OH is 2. The minimum atomic E-state index is -5.18. The number of hydrogen-bond acceptors (Lipinski definition) is 12. The van der Waals surface area contributed by atoms with Crippen LogP contribution >= 0.6 is 23.0 Å². The van der Waals surface area contributed by atoms with Crippen LogP contribution in [-0.4, -0.2) is 66.3 Å². The van der Waals surface area contributed by atoms with E-state index in [4.69, 9.17) is 15.0 Å². The van der Waals surface area contributed by atoms with Crippen LogP contribution in [0, 0.1) is 0 Å². The van der Waals surface area contributed by atoms with E-state index in [0.29, 0.717) is 4.57 Å². The van der Waals surface area contributed by atoms with E-state index in [1.807, 2.05) is 4.98 Å². The third-order valence-electron chi connectivity index (χ3n) is 4.26. The van der Waals surface area contributed by atoms with Crippen molar-refractivity contribution in [2.24, 2.45) is 5.73 Å². The van der Waals surface area contributed by atoms with Crippen LogP contribution in [0.2, 0.25) is 0 Å². The molecule has 0 saturated carbocycles. The SMILES string of the molecule is NC(=O)Cc1cn([C@@H]2O[C@H](COP3(=O)CP(=O)(O)OP(=O)(O)O3)C(O)[C@@H]2O)c(=O)[nH]c1=O. The molecule has 1 amide bonds. The highest BCUT2D eigenvalue weighted by Crippen LogP contribution is 2.78. The third-order valence-corrected chi connectivity index (χ3v) is 11.3. The molecule has 4 unspecified atom stereocenters. The van der Waals surface area contributed by atoms with Crippen LogP contribution in [0.3, 0.4) is 0 Å². The van der Waals surface area contributed by atoms with Crippen molar-refractivity contribution in [1.29, 1.82) is 0 Å². The second-order valence-electron chi connectivity index (χ2n) is 6.83. The Balaban J connectivity index is 1.79. The number of hydrogen-bond donors (Lipinski definition) is 6. The lowest BCUT2D eigenvalue weighted by Crippen LogP contribution is -2.39. The van der Waals surface area contributed by atoms with Gasteiger partial charge in [-0.2, -0.15) is 0 Å². The van der Waals surface area contributed by atoms with Crippen molar-refractivity contribution >= 4 is 28.9 Å². The van der Waals surface area contributed by atoms with Gasteiger partial charge in [0.05, 0.1) is 13.0 Å². The van der Waals surface area contributed by atoms with E-state index in [1.165, 1.54) is 0 Å². The van der Waals surface area contributed by atoms with Crippen LogP contribution in [0.4, 0.5) is 0 Å². The van der Waals surface area contributed by atoms with Crippen molar-refractivity contribution in [2.75, 3.05) is 12.5 Å². The molecule has 2 fully saturated rings. The molecule has 3 heterocycles. The van der Waals surface area contributed by atoms with Crippen molar-refractivity contribution in [1.82, 2.24) is 9.55 Å². The summed E-state index contributed by atoms with van der Waals surface area (Å²) in [6.07, 6.45) is -6.34. The minimum Gasteiger partial charge on any atom is -0.387 e. The number of aliphatic hydroxyl groups is 2. The van der Waals surface area contributed by atoms with E-state index in [1.54, 1.807) is 0 Å². The number of carbonyl (C=O) groups excluding carboxylic acids is 1. The molecule has 2 aliphatic rings. The summed E-state index contributed by atoms with van der Waals surface area (Å²) in [5.41, 5.74) is 2.82. The Kier molecular flexibility index (Phi) is 6.84. The van der Waals surface area contributed by atoms with Crippen LogP contribution in [0.15, 0.2) is 15.8 Å². The summed E-state index contributed by atoms with van der Waals surface area (Å²) in [6, 6.07) is 0. The molecule has 1 aromatic rings. The molecular formula is C12H18N3O14P3. The normalized spacial score (nSPS) is 39.8. The van der Waals surface area contributed by atoms with Gasteiger partial charge in [-0.25, -0.2) is 18.0 Å². The Labute approximate surface area is 177 Å². The Morgan fingerprint density at radius 3 is 2.47 bits per heavy atom. The first-order valence-corrected chi connectivity index (χ1v) is 13.6. The molecule has 0 bridgehead atoms. The van der Waals surface area contributed by atoms with E-state index in [9.17, 15) is 48.1 Å². The number of ether oxygens (including phenoxy) is 1.